The van der Waals surface area contributed by atoms with Crippen LogP contribution in [0.15, 0.2) is 36.5 Å². The lowest BCUT2D eigenvalue weighted by Gasteiger charge is -2.01. The average molecular weight is 368 g/mol. The summed E-state index contributed by atoms with van der Waals surface area (Å²) in [7, 11) is 0. The van der Waals surface area contributed by atoms with Gasteiger partial charge in [-0.3, -0.25) is 30.3 Å². The van der Waals surface area contributed by atoms with Crippen molar-refractivity contribution in [1.29, 1.82) is 0 Å². The van der Waals surface area contributed by atoms with E-state index in [1.165, 1.54) is 6.20 Å². The SMILES string of the molecule is CCOc1cccc[n+]1[O-].O=[N+]([O-])c1cc([N+](=O)[O-])c(O)c([N+](=O)[O-])c1. The predicted molar refractivity (Wildman–Crippen MR) is 84.6 cm³/mol. The molecule has 0 bridgehead atoms. The second-order valence-electron chi connectivity index (χ2n) is 4.40. The topological polar surface area (TPSA) is 186 Å². The molecule has 0 amide bonds. The largest absolute Gasteiger partial charge is 0.616 e. The summed E-state index contributed by atoms with van der Waals surface area (Å²) in [5.74, 6) is -0.856. The van der Waals surface area contributed by atoms with Crippen LogP contribution in [-0.4, -0.2) is 26.5 Å². The van der Waals surface area contributed by atoms with Crippen LogP contribution in [0, 0.1) is 35.6 Å². The van der Waals surface area contributed by atoms with Crippen LogP contribution in [0.1, 0.15) is 6.92 Å². The second kappa shape index (κ2) is 8.72. The van der Waals surface area contributed by atoms with Gasteiger partial charge in [0, 0.05) is 6.07 Å². The predicted octanol–water partition coefficient (Wildman–Crippen LogP) is 1.84. The Kier molecular flexibility index (Phi) is 6.71. The lowest BCUT2D eigenvalue weighted by atomic mass is 10.2. The molecule has 1 aromatic carbocycles. The third kappa shape index (κ3) is 4.98. The maximum atomic E-state index is 10.8. The first kappa shape index (κ1) is 20.0. The molecule has 1 N–H and O–H groups in total. The van der Waals surface area contributed by atoms with Crippen molar-refractivity contribution < 1.29 is 29.3 Å². The molecular formula is C13H12N4O9. The van der Waals surface area contributed by atoms with E-state index in [2.05, 4.69) is 0 Å². The van der Waals surface area contributed by atoms with Crippen LogP contribution < -0.4 is 9.47 Å². The normalized spacial score (nSPS) is 9.58. The molecule has 2 rings (SSSR count). The van der Waals surface area contributed by atoms with Gasteiger partial charge in [0.25, 0.3) is 11.4 Å². The number of non-ortho nitro benzene ring substituents is 1. The highest BCUT2D eigenvalue weighted by atomic mass is 16.6. The van der Waals surface area contributed by atoms with Gasteiger partial charge in [0.05, 0.1) is 39.6 Å². The van der Waals surface area contributed by atoms with Crippen LogP contribution in [0.2, 0.25) is 0 Å². The zero-order valence-corrected chi connectivity index (χ0v) is 13.2. The summed E-state index contributed by atoms with van der Waals surface area (Å²) in [4.78, 5) is 27.8. The Labute approximate surface area is 144 Å². The van der Waals surface area contributed by atoms with Gasteiger partial charge in [-0.2, -0.15) is 0 Å². The zero-order valence-electron chi connectivity index (χ0n) is 13.2. The smallest absolute Gasteiger partial charge is 0.379 e. The van der Waals surface area contributed by atoms with Crippen molar-refractivity contribution in [3.8, 4) is 11.6 Å². The lowest BCUT2D eigenvalue weighted by molar-refractivity contribution is -0.612. The molecule has 0 saturated carbocycles. The molecule has 13 heteroatoms. The first-order valence-corrected chi connectivity index (χ1v) is 6.80. The number of aromatic hydroxyl groups is 1. The minimum Gasteiger partial charge on any atom is -0.616 e. The number of nitrogens with zero attached hydrogens (tertiary/aromatic N) is 4. The van der Waals surface area contributed by atoms with Gasteiger partial charge >= 0.3 is 17.3 Å². The fourth-order valence-electron chi connectivity index (χ4n) is 1.65. The molecule has 2 aromatic rings. The first-order valence-electron chi connectivity index (χ1n) is 6.80. The number of hydrogen-bond donors (Lipinski definition) is 1. The maximum absolute atomic E-state index is 10.8. The quantitative estimate of drug-likeness (QED) is 0.355. The van der Waals surface area contributed by atoms with Crippen LogP contribution in [0.5, 0.6) is 11.6 Å². The molecule has 0 saturated heterocycles. The molecule has 26 heavy (non-hydrogen) atoms. The van der Waals surface area contributed by atoms with Gasteiger partial charge in [-0.1, -0.05) is 0 Å². The standard InChI is InChI=1S/C7H9NO2.C6H3N3O7/c1-2-10-7-5-3-4-6-8(7)9;10-6-4(8(13)14)1-3(7(11)12)2-5(6)9(15)16/h3-6H,2H2,1H3;1-2,10H. The van der Waals surface area contributed by atoms with E-state index in [1.807, 2.05) is 6.92 Å². The Hall–Kier alpha value is -4.03. The molecule has 0 fully saturated rings. The fraction of sp³-hybridized carbons (Fsp3) is 0.154. The summed E-state index contributed by atoms with van der Waals surface area (Å²) in [6.07, 6.45) is 1.41. The molecular weight excluding hydrogens is 356 g/mol. The number of ether oxygens (including phenoxy) is 1. The van der Waals surface area contributed by atoms with Gasteiger partial charge in [-0.15, -0.1) is 4.73 Å². The van der Waals surface area contributed by atoms with Crippen molar-refractivity contribution in [2.75, 3.05) is 6.61 Å². The van der Waals surface area contributed by atoms with E-state index in [0.29, 0.717) is 29.4 Å². The molecule has 0 aliphatic carbocycles. The van der Waals surface area contributed by atoms with Crippen molar-refractivity contribution in [1.82, 2.24) is 0 Å². The van der Waals surface area contributed by atoms with Gasteiger partial charge in [0.2, 0.25) is 0 Å². The van der Waals surface area contributed by atoms with Crippen LogP contribution in [0.4, 0.5) is 17.1 Å². The first-order chi connectivity index (χ1) is 12.2. The monoisotopic (exact) mass is 368 g/mol. The summed E-state index contributed by atoms with van der Waals surface area (Å²) >= 11 is 0. The molecule has 1 aromatic heterocycles. The summed E-state index contributed by atoms with van der Waals surface area (Å²) < 4.78 is 5.68. The maximum Gasteiger partial charge on any atom is 0.379 e. The van der Waals surface area contributed by atoms with E-state index in [9.17, 15) is 35.6 Å². The average Bonchev–Trinajstić information content (AvgIpc) is 2.57. The van der Waals surface area contributed by atoms with Crippen LogP contribution in [-0.2, 0) is 0 Å². The van der Waals surface area contributed by atoms with E-state index in [4.69, 9.17) is 9.84 Å². The number of aromatic nitrogens is 1. The highest BCUT2D eigenvalue weighted by molar-refractivity contribution is 5.64. The Morgan fingerprint density at radius 2 is 1.58 bits per heavy atom. The van der Waals surface area contributed by atoms with Gasteiger partial charge in [-0.25, -0.2) is 0 Å². The Morgan fingerprint density at radius 1 is 1.04 bits per heavy atom. The minimum absolute atomic E-state index is 0.352. The van der Waals surface area contributed by atoms with Crippen molar-refractivity contribution in [2.24, 2.45) is 0 Å². The number of phenols is 1. The molecule has 0 aliphatic rings. The van der Waals surface area contributed by atoms with Crippen molar-refractivity contribution in [2.45, 2.75) is 6.92 Å². The van der Waals surface area contributed by atoms with E-state index in [0.717, 1.165) is 0 Å². The summed E-state index contributed by atoms with van der Waals surface area (Å²) in [6.45, 7) is 2.36. The second-order valence-corrected chi connectivity index (χ2v) is 4.40. The van der Waals surface area contributed by atoms with Gasteiger partial charge < -0.3 is 15.1 Å². The van der Waals surface area contributed by atoms with Gasteiger partial charge in [0.15, 0.2) is 6.20 Å². The molecule has 0 aliphatic heterocycles. The fourth-order valence-corrected chi connectivity index (χ4v) is 1.65. The van der Waals surface area contributed by atoms with E-state index in [-0.39, 0.29) is 0 Å². The summed E-state index contributed by atoms with van der Waals surface area (Å²) in [6, 6.07) is 5.95. The third-order valence-corrected chi connectivity index (χ3v) is 2.74. The number of benzene rings is 1. The minimum atomic E-state index is -1.21. The molecule has 13 nitrogen and oxygen atoms in total. The molecule has 0 radical (unpaired) electrons. The van der Waals surface area contributed by atoms with Gasteiger partial charge in [0.1, 0.15) is 0 Å². The van der Waals surface area contributed by atoms with E-state index < -0.39 is 37.6 Å². The Morgan fingerprint density at radius 3 is 1.96 bits per heavy atom. The van der Waals surface area contributed by atoms with E-state index >= 15 is 0 Å². The number of hydrogen-bond acceptors (Lipinski definition) is 9. The van der Waals surface area contributed by atoms with E-state index in [1.54, 1.807) is 18.2 Å². The lowest BCUT2D eigenvalue weighted by Crippen LogP contribution is -2.27. The van der Waals surface area contributed by atoms with Crippen LogP contribution in [0.3, 0.4) is 0 Å². The molecule has 0 spiro atoms. The summed E-state index contributed by atoms with van der Waals surface area (Å²) in [5.41, 5.74) is -3.00. The Balaban J connectivity index is 0.000000289. The van der Waals surface area contributed by atoms with Crippen LogP contribution >= 0.6 is 0 Å². The molecule has 1 heterocycles. The number of rotatable bonds is 5. The zero-order chi connectivity index (χ0) is 19.9. The third-order valence-electron chi connectivity index (χ3n) is 2.74. The van der Waals surface area contributed by atoms with Crippen molar-refractivity contribution >= 4 is 17.1 Å². The van der Waals surface area contributed by atoms with Crippen LogP contribution in [0.25, 0.3) is 0 Å². The number of phenolic OH excluding ortho intramolecular Hbond substituents is 1. The van der Waals surface area contributed by atoms with Crippen molar-refractivity contribution in [3.05, 3.63) is 72.1 Å². The highest BCUT2D eigenvalue weighted by Crippen LogP contribution is 2.38. The Bertz CT molecular complexity index is 805. The number of nitro benzene ring substituents is 3. The molecule has 0 unspecified atom stereocenters. The highest BCUT2D eigenvalue weighted by Gasteiger charge is 2.30. The molecule has 0 atom stereocenters. The molecule has 138 valence electrons. The summed E-state index contributed by atoms with van der Waals surface area (Å²) in [5, 5.41) is 51.0. The number of nitro groups is 3. The number of pyridine rings is 1. The van der Waals surface area contributed by atoms with Gasteiger partial charge in [-0.05, 0) is 13.0 Å². The van der Waals surface area contributed by atoms with Crippen molar-refractivity contribution in [3.63, 3.8) is 0 Å².